The number of fused-ring (bicyclic) bond motifs is 1. The quantitative estimate of drug-likeness (QED) is 0.830. The number of hydrogen-bond donors (Lipinski definition) is 1. The molecule has 2 heterocycles. The molecule has 0 saturated carbocycles. The van der Waals surface area contributed by atoms with Gasteiger partial charge in [-0.1, -0.05) is 25.1 Å². The van der Waals surface area contributed by atoms with Gasteiger partial charge < -0.3 is 10.1 Å². The smallest absolute Gasteiger partial charge is 0.0841 e. The van der Waals surface area contributed by atoms with Gasteiger partial charge in [-0.15, -0.1) is 0 Å². The molecular weight excluding hydrogens is 262 g/mol. The standard InChI is InChI=1S/C17H25N3O/c1-3-10-18-11-16-15-6-4-5-7-17(15)20(19-16)12-14-9-8-13(2)21-14/h4-7,13-14,18H,3,8-12H2,1-2H3. The van der Waals surface area contributed by atoms with Crippen LogP contribution in [0.4, 0.5) is 0 Å². The van der Waals surface area contributed by atoms with Crippen molar-refractivity contribution in [3.63, 3.8) is 0 Å². The topological polar surface area (TPSA) is 39.1 Å². The Morgan fingerprint density at radius 2 is 2.19 bits per heavy atom. The van der Waals surface area contributed by atoms with Gasteiger partial charge >= 0.3 is 0 Å². The van der Waals surface area contributed by atoms with Crippen molar-refractivity contribution in [2.45, 2.75) is 58.4 Å². The first-order valence-corrected chi connectivity index (χ1v) is 8.08. The van der Waals surface area contributed by atoms with Crippen LogP contribution in [0.3, 0.4) is 0 Å². The van der Waals surface area contributed by atoms with Crippen LogP contribution in [0.15, 0.2) is 24.3 Å². The Morgan fingerprint density at radius 3 is 2.95 bits per heavy atom. The number of ether oxygens (including phenoxy) is 1. The molecule has 21 heavy (non-hydrogen) atoms. The molecule has 0 bridgehead atoms. The lowest BCUT2D eigenvalue weighted by Gasteiger charge is -2.11. The summed E-state index contributed by atoms with van der Waals surface area (Å²) in [6, 6.07) is 8.50. The van der Waals surface area contributed by atoms with Crippen molar-refractivity contribution in [1.82, 2.24) is 15.1 Å². The molecule has 1 fully saturated rings. The van der Waals surface area contributed by atoms with Gasteiger partial charge in [0.15, 0.2) is 0 Å². The second-order valence-electron chi connectivity index (χ2n) is 5.97. The second kappa shape index (κ2) is 6.58. The average molecular weight is 287 g/mol. The minimum atomic E-state index is 0.305. The minimum absolute atomic E-state index is 0.305. The number of nitrogens with zero attached hydrogens (tertiary/aromatic N) is 2. The largest absolute Gasteiger partial charge is 0.373 e. The van der Waals surface area contributed by atoms with E-state index in [0.717, 1.165) is 44.6 Å². The van der Waals surface area contributed by atoms with Gasteiger partial charge in [0, 0.05) is 11.9 Å². The van der Waals surface area contributed by atoms with Crippen molar-refractivity contribution >= 4 is 10.9 Å². The van der Waals surface area contributed by atoms with E-state index in [2.05, 4.69) is 48.1 Å². The Bertz CT molecular complexity index is 593. The van der Waals surface area contributed by atoms with E-state index < -0.39 is 0 Å². The van der Waals surface area contributed by atoms with Gasteiger partial charge in [0.25, 0.3) is 0 Å². The van der Waals surface area contributed by atoms with E-state index in [1.807, 2.05) is 0 Å². The zero-order valence-corrected chi connectivity index (χ0v) is 13.0. The van der Waals surface area contributed by atoms with Gasteiger partial charge in [-0.25, -0.2) is 0 Å². The summed E-state index contributed by atoms with van der Waals surface area (Å²) in [4.78, 5) is 0. The molecule has 1 aromatic heterocycles. The van der Waals surface area contributed by atoms with Crippen molar-refractivity contribution in [2.24, 2.45) is 0 Å². The summed E-state index contributed by atoms with van der Waals surface area (Å²) >= 11 is 0. The summed E-state index contributed by atoms with van der Waals surface area (Å²) in [6.07, 6.45) is 4.14. The molecule has 1 aliphatic rings. The van der Waals surface area contributed by atoms with Gasteiger partial charge in [0.1, 0.15) is 0 Å². The fraction of sp³-hybridized carbons (Fsp3) is 0.588. The minimum Gasteiger partial charge on any atom is -0.373 e. The number of nitrogens with one attached hydrogen (secondary N) is 1. The molecule has 0 radical (unpaired) electrons. The molecule has 2 atom stereocenters. The molecule has 2 unspecified atom stereocenters. The molecule has 4 nitrogen and oxygen atoms in total. The summed E-state index contributed by atoms with van der Waals surface area (Å²) in [7, 11) is 0. The first kappa shape index (κ1) is 14.5. The monoisotopic (exact) mass is 287 g/mol. The highest BCUT2D eigenvalue weighted by atomic mass is 16.5. The van der Waals surface area contributed by atoms with Crippen LogP contribution in [-0.2, 0) is 17.8 Å². The van der Waals surface area contributed by atoms with Crippen LogP contribution in [0.1, 0.15) is 38.8 Å². The first-order chi connectivity index (χ1) is 10.3. The van der Waals surface area contributed by atoms with Gasteiger partial charge in [-0.3, -0.25) is 4.68 Å². The lowest BCUT2D eigenvalue weighted by Crippen LogP contribution is -2.18. The lowest BCUT2D eigenvalue weighted by molar-refractivity contribution is 0.0444. The van der Waals surface area contributed by atoms with E-state index in [1.54, 1.807) is 0 Å². The SMILES string of the molecule is CCCNCc1nn(CC2CCC(C)O2)c2ccccc12. The molecule has 1 aliphatic heterocycles. The van der Waals surface area contributed by atoms with Gasteiger partial charge in [-0.05, 0) is 38.8 Å². The van der Waals surface area contributed by atoms with Crippen LogP contribution in [0.25, 0.3) is 10.9 Å². The third kappa shape index (κ3) is 3.27. The number of para-hydroxylation sites is 1. The molecule has 1 aromatic carbocycles. The molecule has 1 saturated heterocycles. The third-order valence-corrected chi connectivity index (χ3v) is 4.15. The van der Waals surface area contributed by atoms with Crippen LogP contribution >= 0.6 is 0 Å². The normalized spacial score (nSPS) is 22.2. The molecule has 0 spiro atoms. The molecule has 3 rings (SSSR count). The highest BCUT2D eigenvalue weighted by Gasteiger charge is 2.23. The second-order valence-corrected chi connectivity index (χ2v) is 5.97. The zero-order chi connectivity index (χ0) is 14.7. The Labute approximate surface area is 126 Å². The Balaban J connectivity index is 1.81. The van der Waals surface area contributed by atoms with E-state index in [1.165, 1.54) is 10.9 Å². The fourth-order valence-corrected chi connectivity index (χ4v) is 3.06. The predicted molar refractivity (Wildman–Crippen MR) is 85.3 cm³/mol. The lowest BCUT2D eigenvalue weighted by atomic mass is 10.2. The van der Waals surface area contributed by atoms with Crippen molar-refractivity contribution < 1.29 is 4.74 Å². The number of rotatable bonds is 6. The van der Waals surface area contributed by atoms with E-state index in [4.69, 9.17) is 9.84 Å². The van der Waals surface area contributed by atoms with Crippen LogP contribution in [-0.4, -0.2) is 28.5 Å². The van der Waals surface area contributed by atoms with Crippen molar-refractivity contribution in [2.75, 3.05) is 6.54 Å². The molecule has 114 valence electrons. The molecule has 2 aromatic rings. The number of hydrogen-bond acceptors (Lipinski definition) is 3. The summed E-state index contributed by atoms with van der Waals surface area (Å²) < 4.78 is 8.07. The molecular formula is C17H25N3O. The number of benzene rings is 1. The van der Waals surface area contributed by atoms with Crippen LogP contribution < -0.4 is 5.32 Å². The third-order valence-electron chi connectivity index (χ3n) is 4.15. The van der Waals surface area contributed by atoms with Gasteiger partial charge in [-0.2, -0.15) is 5.10 Å². The molecule has 1 N–H and O–H groups in total. The number of aromatic nitrogens is 2. The van der Waals surface area contributed by atoms with Crippen LogP contribution in [0.5, 0.6) is 0 Å². The zero-order valence-electron chi connectivity index (χ0n) is 13.0. The van der Waals surface area contributed by atoms with Gasteiger partial charge in [0.05, 0.1) is 30.0 Å². The van der Waals surface area contributed by atoms with Crippen molar-refractivity contribution in [3.8, 4) is 0 Å². The molecule has 0 amide bonds. The van der Waals surface area contributed by atoms with Crippen molar-refractivity contribution in [3.05, 3.63) is 30.0 Å². The maximum atomic E-state index is 5.95. The Morgan fingerprint density at radius 1 is 1.33 bits per heavy atom. The molecule has 4 heteroatoms. The highest BCUT2D eigenvalue weighted by Crippen LogP contribution is 2.23. The van der Waals surface area contributed by atoms with E-state index in [9.17, 15) is 0 Å². The first-order valence-electron chi connectivity index (χ1n) is 8.08. The van der Waals surface area contributed by atoms with E-state index >= 15 is 0 Å². The predicted octanol–water partition coefficient (Wildman–Crippen LogP) is 3.10. The Hall–Kier alpha value is -1.39. The summed E-state index contributed by atoms with van der Waals surface area (Å²) in [5, 5.41) is 9.53. The summed E-state index contributed by atoms with van der Waals surface area (Å²) in [6.45, 7) is 7.07. The Kier molecular flexibility index (Phi) is 4.56. The maximum Gasteiger partial charge on any atom is 0.0841 e. The summed E-state index contributed by atoms with van der Waals surface area (Å²) in [5.74, 6) is 0. The fourth-order valence-electron chi connectivity index (χ4n) is 3.06. The van der Waals surface area contributed by atoms with Crippen LogP contribution in [0.2, 0.25) is 0 Å². The average Bonchev–Trinajstić information content (AvgIpc) is 3.05. The highest BCUT2D eigenvalue weighted by molar-refractivity contribution is 5.81. The molecule has 0 aliphatic carbocycles. The van der Waals surface area contributed by atoms with E-state index in [-0.39, 0.29) is 0 Å². The van der Waals surface area contributed by atoms with Gasteiger partial charge in [0.2, 0.25) is 0 Å². The maximum absolute atomic E-state index is 5.95. The summed E-state index contributed by atoms with van der Waals surface area (Å²) in [5.41, 5.74) is 2.36. The van der Waals surface area contributed by atoms with Crippen molar-refractivity contribution in [1.29, 1.82) is 0 Å². The van der Waals surface area contributed by atoms with Crippen LogP contribution in [0, 0.1) is 0 Å². The van der Waals surface area contributed by atoms with E-state index in [0.29, 0.717) is 12.2 Å².